The number of aromatic nitrogens is 2. The third kappa shape index (κ3) is 5.35. The molecule has 0 aliphatic rings. The Labute approximate surface area is 187 Å². The van der Waals surface area contributed by atoms with Crippen molar-refractivity contribution in [1.29, 1.82) is 0 Å². The van der Waals surface area contributed by atoms with Gasteiger partial charge in [0, 0.05) is 20.2 Å². The molecule has 2 atom stereocenters. The van der Waals surface area contributed by atoms with Crippen LogP contribution in [-0.4, -0.2) is 45.9 Å². The topological polar surface area (TPSA) is 64.4 Å². The number of nitrogens with zero attached hydrogens (tertiary/aromatic N) is 3. The molecule has 2 aromatic carbocycles. The molecule has 0 saturated carbocycles. The van der Waals surface area contributed by atoms with Crippen molar-refractivity contribution < 1.29 is 9.53 Å². The molecule has 0 aliphatic carbocycles. The first-order valence-electron chi connectivity index (χ1n) is 10.5. The zero-order valence-electron chi connectivity index (χ0n) is 18.4. The van der Waals surface area contributed by atoms with Crippen molar-refractivity contribution >= 4 is 28.6 Å². The van der Waals surface area contributed by atoms with Crippen LogP contribution in [0.4, 0.5) is 0 Å². The lowest BCUT2D eigenvalue weighted by molar-refractivity contribution is -0.130. The number of methoxy groups -OCH3 is 1. The van der Waals surface area contributed by atoms with Gasteiger partial charge in [-0.05, 0) is 38.5 Å². The Balaban J connectivity index is 1.91. The van der Waals surface area contributed by atoms with E-state index in [0.29, 0.717) is 35.8 Å². The number of hydrogen-bond acceptors (Lipinski definition) is 5. The lowest BCUT2D eigenvalue weighted by atomic mass is 10.2. The van der Waals surface area contributed by atoms with Gasteiger partial charge in [0.1, 0.15) is 0 Å². The van der Waals surface area contributed by atoms with Gasteiger partial charge in [-0.2, -0.15) is 0 Å². The number of fused-ring (bicyclic) bond motifs is 1. The Morgan fingerprint density at radius 1 is 1.13 bits per heavy atom. The third-order valence-corrected chi connectivity index (χ3v) is 6.22. The van der Waals surface area contributed by atoms with Crippen molar-refractivity contribution in [2.45, 2.75) is 43.8 Å². The molecule has 0 radical (unpaired) electrons. The number of carbonyl (C=O) groups is 1. The van der Waals surface area contributed by atoms with Gasteiger partial charge >= 0.3 is 0 Å². The minimum absolute atomic E-state index is 0.0182. The molecule has 6 nitrogen and oxygen atoms in total. The SMILES string of the molecule is CCN(Cc1ccccc1)C(=O)[C@H](C)Sc1nc2ccccc2c(=O)n1[C@@H](C)COC. The van der Waals surface area contributed by atoms with Crippen LogP contribution in [0.5, 0.6) is 0 Å². The molecule has 0 unspecified atom stereocenters. The first-order chi connectivity index (χ1) is 15.0. The van der Waals surface area contributed by atoms with E-state index in [-0.39, 0.29) is 17.5 Å². The van der Waals surface area contributed by atoms with Crippen LogP contribution in [-0.2, 0) is 16.1 Å². The Morgan fingerprint density at radius 2 is 1.81 bits per heavy atom. The number of carbonyl (C=O) groups excluding carboxylic acids is 1. The van der Waals surface area contributed by atoms with Crippen molar-refractivity contribution in [2.24, 2.45) is 0 Å². The van der Waals surface area contributed by atoms with E-state index >= 15 is 0 Å². The number of benzene rings is 2. The van der Waals surface area contributed by atoms with Crippen LogP contribution in [0.25, 0.3) is 10.9 Å². The summed E-state index contributed by atoms with van der Waals surface area (Å²) in [6.45, 7) is 7.31. The number of hydrogen-bond donors (Lipinski definition) is 0. The van der Waals surface area contributed by atoms with E-state index in [1.807, 2.05) is 74.2 Å². The second kappa shape index (κ2) is 10.6. The van der Waals surface area contributed by atoms with Crippen molar-refractivity contribution in [1.82, 2.24) is 14.5 Å². The summed E-state index contributed by atoms with van der Waals surface area (Å²) in [7, 11) is 1.61. The second-order valence-electron chi connectivity index (χ2n) is 7.49. The van der Waals surface area contributed by atoms with E-state index in [1.54, 1.807) is 17.7 Å². The van der Waals surface area contributed by atoms with Crippen molar-refractivity contribution in [3.8, 4) is 0 Å². The zero-order valence-corrected chi connectivity index (χ0v) is 19.3. The van der Waals surface area contributed by atoms with Crippen molar-refractivity contribution in [3.05, 3.63) is 70.5 Å². The lowest BCUT2D eigenvalue weighted by Crippen LogP contribution is -2.36. The van der Waals surface area contributed by atoms with Gasteiger partial charge in [-0.25, -0.2) is 4.98 Å². The Morgan fingerprint density at radius 3 is 2.48 bits per heavy atom. The predicted octanol–water partition coefficient (Wildman–Crippen LogP) is 4.13. The lowest BCUT2D eigenvalue weighted by Gasteiger charge is -2.25. The molecule has 1 aromatic heterocycles. The zero-order chi connectivity index (χ0) is 22.4. The average Bonchev–Trinajstić information content (AvgIpc) is 2.78. The summed E-state index contributed by atoms with van der Waals surface area (Å²) in [6.07, 6.45) is 0. The molecule has 3 aromatic rings. The van der Waals surface area contributed by atoms with Crippen LogP contribution in [0.3, 0.4) is 0 Å². The molecule has 1 heterocycles. The molecule has 164 valence electrons. The standard InChI is InChI=1S/C24H29N3O3S/c1-5-26(15-19-11-7-6-8-12-19)22(28)18(3)31-24-25-21-14-10-9-13-20(21)23(29)27(24)17(2)16-30-4/h6-14,17-18H,5,15-16H2,1-4H3/t17-,18-/m0/s1. The predicted molar refractivity (Wildman–Crippen MR) is 125 cm³/mol. The highest BCUT2D eigenvalue weighted by Gasteiger charge is 2.25. The van der Waals surface area contributed by atoms with Crippen LogP contribution >= 0.6 is 11.8 Å². The van der Waals surface area contributed by atoms with Gasteiger partial charge in [-0.3, -0.25) is 14.2 Å². The fraction of sp³-hybridized carbons (Fsp3) is 0.375. The first kappa shape index (κ1) is 23.0. The maximum atomic E-state index is 13.2. The quantitative estimate of drug-likeness (QED) is 0.370. The summed E-state index contributed by atoms with van der Waals surface area (Å²) in [4.78, 5) is 33.0. The number of thioether (sulfide) groups is 1. The summed E-state index contributed by atoms with van der Waals surface area (Å²) in [6, 6.07) is 17.0. The monoisotopic (exact) mass is 439 g/mol. The molecule has 0 spiro atoms. The minimum Gasteiger partial charge on any atom is -0.383 e. The Hall–Kier alpha value is -2.64. The maximum absolute atomic E-state index is 13.2. The maximum Gasteiger partial charge on any atom is 0.262 e. The molecular formula is C24H29N3O3S. The Bertz CT molecular complexity index is 1080. The van der Waals surface area contributed by atoms with Crippen LogP contribution < -0.4 is 5.56 Å². The molecule has 0 aliphatic heterocycles. The molecule has 1 amide bonds. The van der Waals surface area contributed by atoms with E-state index < -0.39 is 5.25 Å². The molecule has 31 heavy (non-hydrogen) atoms. The van der Waals surface area contributed by atoms with Crippen LogP contribution in [0.2, 0.25) is 0 Å². The van der Waals surface area contributed by atoms with Gasteiger partial charge in [0.2, 0.25) is 5.91 Å². The van der Waals surface area contributed by atoms with E-state index in [2.05, 4.69) is 0 Å². The first-order valence-corrected chi connectivity index (χ1v) is 11.3. The van der Waals surface area contributed by atoms with Crippen LogP contribution in [0.15, 0.2) is 64.5 Å². The molecule has 3 rings (SSSR count). The number of ether oxygens (including phenoxy) is 1. The van der Waals surface area contributed by atoms with E-state index in [4.69, 9.17) is 9.72 Å². The minimum atomic E-state index is -0.391. The summed E-state index contributed by atoms with van der Waals surface area (Å²) in [5.74, 6) is 0.0182. The van der Waals surface area contributed by atoms with Crippen molar-refractivity contribution in [2.75, 3.05) is 20.3 Å². The number of amides is 1. The summed E-state index contributed by atoms with van der Waals surface area (Å²) in [5.41, 5.74) is 1.60. The summed E-state index contributed by atoms with van der Waals surface area (Å²) >= 11 is 1.32. The van der Waals surface area contributed by atoms with Gasteiger partial charge in [-0.15, -0.1) is 0 Å². The second-order valence-corrected chi connectivity index (χ2v) is 8.80. The molecular weight excluding hydrogens is 410 g/mol. The van der Waals surface area contributed by atoms with E-state index in [9.17, 15) is 9.59 Å². The summed E-state index contributed by atoms with van der Waals surface area (Å²) < 4.78 is 6.93. The largest absolute Gasteiger partial charge is 0.383 e. The summed E-state index contributed by atoms with van der Waals surface area (Å²) in [5, 5.41) is 0.704. The fourth-order valence-corrected chi connectivity index (χ4v) is 4.62. The van der Waals surface area contributed by atoms with Gasteiger partial charge in [0.25, 0.3) is 5.56 Å². The molecule has 0 bridgehead atoms. The van der Waals surface area contributed by atoms with Crippen molar-refractivity contribution in [3.63, 3.8) is 0 Å². The van der Waals surface area contributed by atoms with E-state index in [0.717, 1.165) is 5.56 Å². The fourth-order valence-electron chi connectivity index (χ4n) is 3.53. The number of rotatable bonds is 9. The average molecular weight is 440 g/mol. The molecule has 0 saturated heterocycles. The molecule has 0 fully saturated rings. The molecule has 7 heteroatoms. The van der Waals surface area contributed by atoms with Gasteiger partial charge in [0.05, 0.1) is 28.8 Å². The van der Waals surface area contributed by atoms with Gasteiger partial charge < -0.3 is 9.64 Å². The smallest absolute Gasteiger partial charge is 0.262 e. The molecule has 0 N–H and O–H groups in total. The van der Waals surface area contributed by atoms with E-state index in [1.165, 1.54) is 11.8 Å². The normalized spacial score (nSPS) is 13.2. The van der Waals surface area contributed by atoms with Crippen LogP contribution in [0.1, 0.15) is 32.4 Å². The highest BCUT2D eigenvalue weighted by atomic mass is 32.2. The van der Waals surface area contributed by atoms with Gasteiger partial charge in [0.15, 0.2) is 5.16 Å². The highest BCUT2D eigenvalue weighted by molar-refractivity contribution is 8.00. The number of para-hydroxylation sites is 1. The third-order valence-electron chi connectivity index (χ3n) is 5.16. The highest BCUT2D eigenvalue weighted by Crippen LogP contribution is 2.26. The van der Waals surface area contributed by atoms with Gasteiger partial charge in [-0.1, -0.05) is 54.2 Å². The van der Waals surface area contributed by atoms with Crippen LogP contribution in [0, 0.1) is 0 Å². The Kier molecular flexibility index (Phi) is 7.87.